The van der Waals surface area contributed by atoms with Crippen LogP contribution in [0.4, 0.5) is 0 Å². The fourth-order valence-electron chi connectivity index (χ4n) is 2.96. The van der Waals surface area contributed by atoms with Crippen LogP contribution in [0.2, 0.25) is 0 Å². The molecule has 4 nitrogen and oxygen atoms in total. The molecule has 29 heavy (non-hydrogen) atoms. The van der Waals surface area contributed by atoms with Crippen LogP contribution in [0.15, 0.2) is 54.6 Å². The molecule has 0 aliphatic carbocycles. The van der Waals surface area contributed by atoms with Crippen molar-refractivity contribution in [3.8, 4) is 17.2 Å². The molecule has 0 unspecified atom stereocenters. The third-order valence-electron chi connectivity index (χ3n) is 4.72. The van der Waals surface area contributed by atoms with Gasteiger partial charge in [-0.3, -0.25) is 0 Å². The lowest BCUT2D eigenvalue weighted by atomic mass is 10.1. The van der Waals surface area contributed by atoms with Gasteiger partial charge in [-0.15, -0.1) is 0 Å². The Morgan fingerprint density at radius 3 is 1.48 bits per heavy atom. The van der Waals surface area contributed by atoms with E-state index in [1.807, 2.05) is 96.1 Å². The predicted molar refractivity (Wildman–Crippen MR) is 117 cm³/mol. The van der Waals surface area contributed by atoms with Gasteiger partial charge >= 0.3 is 7.82 Å². The van der Waals surface area contributed by atoms with Crippen molar-refractivity contribution in [3.63, 3.8) is 0 Å². The maximum Gasteiger partial charge on any atom is 0.647 e. The van der Waals surface area contributed by atoms with Gasteiger partial charge < -0.3 is 13.6 Å². The van der Waals surface area contributed by atoms with Crippen LogP contribution in [-0.2, 0) is 4.57 Å². The Balaban J connectivity index is 2.06. The minimum atomic E-state index is -4.03. The lowest BCUT2D eigenvalue weighted by Crippen LogP contribution is -2.10. The van der Waals surface area contributed by atoms with Crippen LogP contribution in [0.1, 0.15) is 33.4 Å². The van der Waals surface area contributed by atoms with Gasteiger partial charge in [0.2, 0.25) is 0 Å². The summed E-state index contributed by atoms with van der Waals surface area (Å²) in [5.41, 5.74) is 5.42. The van der Waals surface area contributed by atoms with Crippen LogP contribution < -0.4 is 13.6 Å². The fourth-order valence-corrected chi connectivity index (χ4v) is 4.46. The molecule has 3 rings (SSSR count). The lowest BCUT2D eigenvalue weighted by Gasteiger charge is -2.23. The number of aryl methyl sites for hydroxylation is 6. The molecular formula is C24H27O4P. The zero-order valence-electron chi connectivity index (χ0n) is 17.8. The van der Waals surface area contributed by atoms with Crippen molar-refractivity contribution in [1.82, 2.24) is 0 Å². The molecule has 0 spiro atoms. The molecule has 0 aliphatic rings. The number of phosphoric ester groups is 1. The zero-order valence-corrected chi connectivity index (χ0v) is 18.7. The quantitative estimate of drug-likeness (QED) is 0.404. The molecule has 0 saturated carbocycles. The summed E-state index contributed by atoms with van der Waals surface area (Å²) in [4.78, 5) is 0. The van der Waals surface area contributed by atoms with Gasteiger partial charge in [-0.25, -0.2) is 0 Å². The van der Waals surface area contributed by atoms with Crippen molar-refractivity contribution in [1.29, 1.82) is 0 Å². The van der Waals surface area contributed by atoms with Crippen molar-refractivity contribution < 1.29 is 18.1 Å². The van der Waals surface area contributed by atoms with E-state index in [9.17, 15) is 4.57 Å². The molecule has 0 fully saturated rings. The van der Waals surface area contributed by atoms with Gasteiger partial charge in [0.05, 0.1) is 0 Å². The normalized spacial score (nSPS) is 11.2. The molecule has 0 aromatic heterocycles. The first kappa shape index (κ1) is 21.0. The van der Waals surface area contributed by atoms with Gasteiger partial charge in [-0.05, 0) is 87.1 Å². The van der Waals surface area contributed by atoms with E-state index in [-0.39, 0.29) is 0 Å². The van der Waals surface area contributed by atoms with Crippen molar-refractivity contribution >= 4 is 7.82 Å². The molecule has 0 atom stereocenters. The van der Waals surface area contributed by atoms with E-state index in [4.69, 9.17) is 13.6 Å². The minimum absolute atomic E-state index is 0.477. The summed E-state index contributed by atoms with van der Waals surface area (Å²) in [6.45, 7) is 11.5. The fraction of sp³-hybridized carbons (Fsp3) is 0.250. The lowest BCUT2D eigenvalue weighted by molar-refractivity contribution is 0.295. The van der Waals surface area contributed by atoms with Gasteiger partial charge in [0.1, 0.15) is 17.2 Å². The average Bonchev–Trinajstić information content (AvgIpc) is 2.65. The molecule has 0 heterocycles. The third-order valence-corrected chi connectivity index (χ3v) is 5.97. The SMILES string of the molecule is Cc1ccc(C)c(OP(=O)(Oc2cc(C)ccc2C)Oc2c(C)cccc2C)c1. The zero-order chi connectivity index (χ0) is 21.2. The van der Waals surface area contributed by atoms with Crippen LogP contribution in [0.25, 0.3) is 0 Å². The van der Waals surface area contributed by atoms with Crippen LogP contribution in [0, 0.1) is 41.5 Å². The molecule has 5 heteroatoms. The van der Waals surface area contributed by atoms with E-state index in [0.29, 0.717) is 17.2 Å². The number of phosphoric acid groups is 1. The molecule has 0 bridgehead atoms. The van der Waals surface area contributed by atoms with Crippen molar-refractivity contribution in [2.24, 2.45) is 0 Å². The minimum Gasteiger partial charge on any atom is -0.386 e. The summed E-state index contributed by atoms with van der Waals surface area (Å²) in [7, 11) is -4.03. The Hall–Kier alpha value is -2.71. The Morgan fingerprint density at radius 2 is 1.03 bits per heavy atom. The highest BCUT2D eigenvalue weighted by Gasteiger charge is 2.35. The van der Waals surface area contributed by atoms with Crippen LogP contribution in [0.3, 0.4) is 0 Å². The second-order valence-corrected chi connectivity index (χ2v) is 8.92. The van der Waals surface area contributed by atoms with E-state index >= 15 is 0 Å². The Morgan fingerprint density at radius 1 is 0.586 bits per heavy atom. The highest BCUT2D eigenvalue weighted by atomic mass is 31.2. The molecule has 0 saturated heterocycles. The number of para-hydroxylation sites is 1. The summed E-state index contributed by atoms with van der Waals surface area (Å²) in [6, 6.07) is 17.2. The third kappa shape index (κ3) is 5.02. The second kappa shape index (κ2) is 8.34. The van der Waals surface area contributed by atoms with Gasteiger partial charge in [0.15, 0.2) is 0 Å². The maximum absolute atomic E-state index is 13.9. The first-order chi connectivity index (χ1) is 13.7. The summed E-state index contributed by atoms with van der Waals surface area (Å²) in [6.07, 6.45) is 0. The number of benzene rings is 3. The number of rotatable bonds is 6. The molecule has 152 valence electrons. The summed E-state index contributed by atoms with van der Waals surface area (Å²) in [5.74, 6) is 1.46. The van der Waals surface area contributed by atoms with E-state index in [1.54, 1.807) is 0 Å². The van der Waals surface area contributed by atoms with E-state index in [0.717, 1.165) is 33.4 Å². The van der Waals surface area contributed by atoms with Crippen molar-refractivity contribution in [2.45, 2.75) is 41.5 Å². The van der Waals surface area contributed by atoms with Gasteiger partial charge in [0.25, 0.3) is 0 Å². The van der Waals surface area contributed by atoms with Crippen LogP contribution in [-0.4, -0.2) is 0 Å². The predicted octanol–water partition coefficient (Wildman–Crippen LogP) is 7.18. The molecular weight excluding hydrogens is 383 g/mol. The van der Waals surface area contributed by atoms with E-state index in [1.165, 1.54) is 0 Å². The van der Waals surface area contributed by atoms with E-state index < -0.39 is 7.82 Å². The Labute approximate surface area is 173 Å². The first-order valence-corrected chi connectivity index (χ1v) is 11.0. The Bertz CT molecular complexity index is 1010. The highest BCUT2D eigenvalue weighted by molar-refractivity contribution is 7.49. The van der Waals surface area contributed by atoms with Crippen molar-refractivity contribution in [3.05, 3.63) is 88.0 Å². The second-order valence-electron chi connectivity index (χ2n) is 7.48. The molecule has 3 aromatic rings. The van der Waals surface area contributed by atoms with Crippen LogP contribution >= 0.6 is 7.82 Å². The summed E-state index contributed by atoms with van der Waals surface area (Å²) in [5, 5.41) is 0. The number of hydrogen-bond acceptors (Lipinski definition) is 4. The molecule has 0 N–H and O–H groups in total. The summed E-state index contributed by atoms with van der Waals surface area (Å²) >= 11 is 0. The average molecular weight is 410 g/mol. The standard InChI is InChI=1S/C24H27O4P/c1-16-10-12-18(3)22(14-16)26-29(25,27-23-15-17(2)11-13-19(23)4)28-24-20(5)8-7-9-21(24)6/h7-15H,1-6H3. The smallest absolute Gasteiger partial charge is 0.386 e. The maximum atomic E-state index is 13.9. The Kier molecular flexibility index (Phi) is 6.04. The molecule has 0 amide bonds. The van der Waals surface area contributed by atoms with Crippen LogP contribution in [0.5, 0.6) is 17.2 Å². The van der Waals surface area contributed by atoms with Gasteiger partial charge in [-0.2, -0.15) is 4.57 Å². The van der Waals surface area contributed by atoms with Gasteiger partial charge in [0, 0.05) is 0 Å². The summed E-state index contributed by atoms with van der Waals surface area (Å²) < 4.78 is 31.7. The highest BCUT2D eigenvalue weighted by Crippen LogP contribution is 2.52. The van der Waals surface area contributed by atoms with E-state index in [2.05, 4.69) is 0 Å². The molecule has 3 aromatic carbocycles. The molecule has 0 radical (unpaired) electrons. The molecule has 0 aliphatic heterocycles. The van der Waals surface area contributed by atoms with Gasteiger partial charge in [-0.1, -0.05) is 42.5 Å². The first-order valence-electron chi connectivity index (χ1n) is 9.56. The van der Waals surface area contributed by atoms with Crippen molar-refractivity contribution in [2.75, 3.05) is 0 Å². The largest absolute Gasteiger partial charge is 0.647 e. The monoisotopic (exact) mass is 410 g/mol. The topological polar surface area (TPSA) is 44.8 Å². The number of hydrogen-bond donors (Lipinski definition) is 0.